The number of hydrogen-bond acceptors (Lipinski definition) is 4. The summed E-state index contributed by atoms with van der Waals surface area (Å²) in [6, 6.07) is 18.1. The fourth-order valence-corrected chi connectivity index (χ4v) is 2.71. The van der Waals surface area contributed by atoms with Gasteiger partial charge in [0.15, 0.2) is 5.78 Å². The van der Waals surface area contributed by atoms with Gasteiger partial charge in [0, 0.05) is 5.56 Å². The molecule has 0 bridgehead atoms. The second kappa shape index (κ2) is 5.93. The predicted octanol–water partition coefficient (Wildman–Crippen LogP) is 2.57. The highest BCUT2D eigenvalue weighted by molar-refractivity contribution is 6.48. The molecule has 1 N–H and O–H groups in total. The van der Waals surface area contributed by atoms with Gasteiger partial charge in [0.2, 0.25) is 5.78 Å². The van der Waals surface area contributed by atoms with E-state index in [0.717, 1.165) is 5.56 Å². The number of nitrogens with zero attached hydrogens (tertiary/aromatic N) is 1. The summed E-state index contributed by atoms with van der Waals surface area (Å²) in [6.07, 6.45) is 0. The number of ketones is 2. The number of Topliss-reactive ketones (excluding diaryl/α,β-unsaturated/α-hetero) is 2. The van der Waals surface area contributed by atoms with E-state index in [0.29, 0.717) is 11.3 Å². The van der Waals surface area contributed by atoms with Crippen LogP contribution in [-0.4, -0.2) is 23.3 Å². The number of carbonyl (C=O) groups is 2. The van der Waals surface area contributed by atoms with Crippen molar-refractivity contribution in [1.29, 1.82) is 0 Å². The van der Waals surface area contributed by atoms with E-state index in [-0.39, 0.29) is 17.5 Å². The van der Waals surface area contributed by atoms with Crippen LogP contribution in [0, 0.1) is 0 Å². The van der Waals surface area contributed by atoms with Gasteiger partial charge >= 0.3 is 0 Å². The molecule has 3 rings (SSSR count). The van der Waals surface area contributed by atoms with Crippen LogP contribution in [0.15, 0.2) is 65.8 Å². The van der Waals surface area contributed by atoms with Crippen molar-refractivity contribution in [1.82, 2.24) is 5.43 Å². The van der Waals surface area contributed by atoms with Gasteiger partial charge in [-0.1, -0.05) is 60.7 Å². The van der Waals surface area contributed by atoms with E-state index in [1.54, 1.807) is 12.1 Å². The first-order chi connectivity index (χ1) is 10.7. The Bertz CT molecular complexity index is 723. The van der Waals surface area contributed by atoms with E-state index in [2.05, 4.69) is 10.5 Å². The first kappa shape index (κ1) is 14.2. The Morgan fingerprint density at radius 1 is 0.955 bits per heavy atom. The summed E-state index contributed by atoms with van der Waals surface area (Å²) in [5.41, 5.74) is 4.70. The van der Waals surface area contributed by atoms with Crippen LogP contribution >= 0.6 is 0 Å². The molecule has 2 unspecified atom stereocenters. The predicted molar refractivity (Wildman–Crippen MR) is 85.0 cm³/mol. The lowest BCUT2D eigenvalue weighted by molar-refractivity contribution is -0.118. The second-order valence-electron chi connectivity index (χ2n) is 5.30. The molecule has 2 atom stereocenters. The lowest BCUT2D eigenvalue weighted by Gasteiger charge is -2.18. The molecule has 22 heavy (non-hydrogen) atoms. The third-order valence-electron chi connectivity index (χ3n) is 3.82. The standard InChI is InChI=1S/C18H16N2O2/c1-12(21)16-15(13-8-4-2-5-9-13)17(20-19-16)18(22)14-10-6-3-7-11-14/h2-11,15-16,19H,1H3. The Morgan fingerprint density at radius 3 is 2.14 bits per heavy atom. The van der Waals surface area contributed by atoms with Crippen molar-refractivity contribution in [3.63, 3.8) is 0 Å². The minimum absolute atomic E-state index is 0.0338. The third kappa shape index (κ3) is 2.55. The minimum Gasteiger partial charge on any atom is -0.298 e. The fraction of sp³-hybridized carbons (Fsp3) is 0.167. The number of rotatable bonds is 4. The topological polar surface area (TPSA) is 58.5 Å². The fourth-order valence-electron chi connectivity index (χ4n) is 2.71. The maximum Gasteiger partial charge on any atom is 0.209 e. The van der Waals surface area contributed by atoms with Gasteiger partial charge in [-0.05, 0) is 12.5 Å². The Labute approximate surface area is 128 Å². The van der Waals surface area contributed by atoms with Crippen LogP contribution in [0.25, 0.3) is 0 Å². The van der Waals surface area contributed by atoms with E-state index in [1.807, 2.05) is 48.5 Å². The highest BCUT2D eigenvalue weighted by Crippen LogP contribution is 2.28. The summed E-state index contributed by atoms with van der Waals surface area (Å²) in [6.45, 7) is 1.51. The van der Waals surface area contributed by atoms with Gasteiger partial charge in [0.05, 0.1) is 5.92 Å². The van der Waals surface area contributed by atoms with Gasteiger partial charge in [-0.15, -0.1) is 0 Å². The molecular weight excluding hydrogens is 276 g/mol. The molecule has 4 nitrogen and oxygen atoms in total. The Morgan fingerprint density at radius 2 is 1.55 bits per heavy atom. The van der Waals surface area contributed by atoms with Gasteiger partial charge < -0.3 is 0 Å². The van der Waals surface area contributed by atoms with Crippen molar-refractivity contribution in [2.75, 3.05) is 0 Å². The van der Waals surface area contributed by atoms with Crippen molar-refractivity contribution in [2.24, 2.45) is 5.10 Å². The summed E-state index contributed by atoms with van der Waals surface area (Å²) in [5.74, 6) is -0.537. The molecular formula is C18H16N2O2. The normalized spacial score (nSPS) is 20.1. The van der Waals surface area contributed by atoms with Crippen LogP contribution in [-0.2, 0) is 4.79 Å². The van der Waals surface area contributed by atoms with Gasteiger partial charge in [-0.25, -0.2) is 0 Å². The summed E-state index contributed by atoms with van der Waals surface area (Å²) < 4.78 is 0. The van der Waals surface area contributed by atoms with Crippen LogP contribution in [0.1, 0.15) is 28.8 Å². The lowest BCUT2D eigenvalue weighted by Crippen LogP contribution is -2.36. The summed E-state index contributed by atoms with van der Waals surface area (Å²) in [4.78, 5) is 24.6. The molecule has 2 aromatic rings. The van der Waals surface area contributed by atoms with E-state index < -0.39 is 6.04 Å². The number of hydrogen-bond donors (Lipinski definition) is 1. The average Bonchev–Trinajstić information content (AvgIpc) is 3.01. The zero-order valence-electron chi connectivity index (χ0n) is 12.2. The third-order valence-corrected chi connectivity index (χ3v) is 3.82. The number of nitrogens with one attached hydrogen (secondary N) is 1. The Hall–Kier alpha value is -2.75. The molecule has 0 saturated heterocycles. The molecule has 1 heterocycles. The molecule has 0 saturated carbocycles. The first-order valence-electron chi connectivity index (χ1n) is 7.16. The monoisotopic (exact) mass is 292 g/mol. The van der Waals surface area contributed by atoms with Crippen LogP contribution in [0.3, 0.4) is 0 Å². The maximum atomic E-state index is 12.7. The zero-order chi connectivity index (χ0) is 15.5. The van der Waals surface area contributed by atoms with E-state index in [4.69, 9.17) is 0 Å². The van der Waals surface area contributed by atoms with Gasteiger partial charge in [0.1, 0.15) is 11.8 Å². The van der Waals surface area contributed by atoms with Crippen molar-refractivity contribution in [3.05, 3.63) is 71.8 Å². The van der Waals surface area contributed by atoms with Crippen molar-refractivity contribution >= 4 is 17.3 Å². The van der Waals surface area contributed by atoms with Gasteiger partial charge in [-0.3, -0.25) is 15.0 Å². The van der Waals surface area contributed by atoms with E-state index in [9.17, 15) is 9.59 Å². The number of carbonyl (C=O) groups excluding carboxylic acids is 2. The van der Waals surface area contributed by atoms with E-state index >= 15 is 0 Å². The van der Waals surface area contributed by atoms with Crippen molar-refractivity contribution < 1.29 is 9.59 Å². The summed E-state index contributed by atoms with van der Waals surface area (Å²) >= 11 is 0. The van der Waals surface area contributed by atoms with Crippen LogP contribution in [0.4, 0.5) is 0 Å². The molecule has 1 aliphatic heterocycles. The molecule has 0 fully saturated rings. The molecule has 0 radical (unpaired) electrons. The molecule has 0 aromatic heterocycles. The minimum atomic E-state index is -0.495. The molecule has 0 amide bonds. The van der Waals surface area contributed by atoms with Gasteiger partial charge in [-0.2, -0.15) is 5.10 Å². The van der Waals surface area contributed by atoms with Crippen LogP contribution < -0.4 is 5.43 Å². The highest BCUT2D eigenvalue weighted by atomic mass is 16.1. The van der Waals surface area contributed by atoms with Crippen molar-refractivity contribution in [3.8, 4) is 0 Å². The lowest BCUT2D eigenvalue weighted by atomic mass is 9.84. The molecule has 2 aromatic carbocycles. The molecule has 1 aliphatic rings. The van der Waals surface area contributed by atoms with Crippen LogP contribution in [0.5, 0.6) is 0 Å². The number of benzene rings is 2. The highest BCUT2D eigenvalue weighted by Gasteiger charge is 2.39. The smallest absolute Gasteiger partial charge is 0.209 e. The van der Waals surface area contributed by atoms with Gasteiger partial charge in [0.25, 0.3) is 0 Å². The second-order valence-corrected chi connectivity index (χ2v) is 5.30. The SMILES string of the molecule is CC(=O)C1NN=C(C(=O)c2ccccc2)C1c1ccccc1. The quantitative estimate of drug-likeness (QED) is 0.881. The molecule has 0 aliphatic carbocycles. The summed E-state index contributed by atoms with van der Waals surface area (Å²) in [5, 5.41) is 4.17. The zero-order valence-corrected chi connectivity index (χ0v) is 12.2. The largest absolute Gasteiger partial charge is 0.298 e. The average molecular weight is 292 g/mol. The van der Waals surface area contributed by atoms with Crippen molar-refractivity contribution in [2.45, 2.75) is 18.9 Å². The molecule has 4 heteroatoms. The summed E-state index contributed by atoms with van der Waals surface area (Å²) in [7, 11) is 0. The Balaban J connectivity index is 2.00. The Kier molecular flexibility index (Phi) is 3.83. The number of hydrazone groups is 1. The molecule has 0 spiro atoms. The van der Waals surface area contributed by atoms with Crippen LogP contribution in [0.2, 0.25) is 0 Å². The van der Waals surface area contributed by atoms with E-state index in [1.165, 1.54) is 6.92 Å². The molecule has 110 valence electrons. The maximum absolute atomic E-state index is 12.7. The first-order valence-corrected chi connectivity index (χ1v) is 7.16.